The Labute approximate surface area is 134 Å². The van der Waals surface area contributed by atoms with E-state index in [1.54, 1.807) is 16.7 Å². The van der Waals surface area contributed by atoms with Crippen LogP contribution in [0.25, 0.3) is 0 Å². The Balaban J connectivity index is 4.45. The summed E-state index contributed by atoms with van der Waals surface area (Å²) in [6.45, 7) is 16.0. The minimum atomic E-state index is 0.784. The van der Waals surface area contributed by atoms with Gasteiger partial charge in [0, 0.05) is 0 Å². The fraction of sp³-hybridized carbons (Fsp3) is 0.714. The monoisotopic (exact) mass is 290 g/mol. The van der Waals surface area contributed by atoms with Crippen molar-refractivity contribution in [1.29, 1.82) is 0 Å². The van der Waals surface area contributed by atoms with Crippen molar-refractivity contribution in [3.8, 4) is 0 Å². The van der Waals surface area contributed by atoms with Gasteiger partial charge in [0.1, 0.15) is 0 Å². The summed E-state index contributed by atoms with van der Waals surface area (Å²) < 4.78 is 0. The molecule has 21 heavy (non-hydrogen) atoms. The van der Waals surface area contributed by atoms with Crippen LogP contribution in [0.5, 0.6) is 0 Å². The van der Waals surface area contributed by atoms with Crippen molar-refractivity contribution in [3.63, 3.8) is 0 Å². The number of hydrogen-bond donors (Lipinski definition) is 0. The minimum Gasteiger partial charge on any atom is -0.0888 e. The Kier molecular flexibility index (Phi) is 11.4. The molecule has 0 spiro atoms. The predicted octanol–water partition coefficient (Wildman–Crippen LogP) is 7.62. The van der Waals surface area contributed by atoms with E-state index in [0.717, 1.165) is 5.92 Å². The lowest BCUT2D eigenvalue weighted by atomic mass is 9.87. The van der Waals surface area contributed by atoms with Crippen LogP contribution in [-0.2, 0) is 0 Å². The molecule has 0 N–H and O–H groups in total. The van der Waals surface area contributed by atoms with Crippen LogP contribution in [0.1, 0.15) is 93.4 Å². The largest absolute Gasteiger partial charge is 0.0888 e. The first kappa shape index (κ1) is 20.2. The molecule has 0 saturated carbocycles. The quantitative estimate of drug-likeness (QED) is 0.287. The molecule has 0 aliphatic carbocycles. The molecule has 0 aromatic carbocycles. The molecular formula is C21H38. The van der Waals surface area contributed by atoms with Gasteiger partial charge >= 0.3 is 0 Å². The lowest BCUT2D eigenvalue weighted by Crippen LogP contribution is -2.03. The number of unbranched alkanes of at least 4 members (excludes halogenated alkanes) is 1. The molecule has 0 aromatic rings. The van der Waals surface area contributed by atoms with Gasteiger partial charge in [-0.1, -0.05) is 48.3 Å². The van der Waals surface area contributed by atoms with Gasteiger partial charge in [-0.25, -0.2) is 0 Å². The molecule has 0 radical (unpaired) electrons. The Hall–Kier alpha value is -0.780. The van der Waals surface area contributed by atoms with Gasteiger partial charge < -0.3 is 0 Å². The normalized spacial score (nSPS) is 14.2. The highest BCUT2D eigenvalue weighted by molar-refractivity contribution is 5.16. The first-order chi connectivity index (χ1) is 9.93. The summed E-state index contributed by atoms with van der Waals surface area (Å²) in [4.78, 5) is 0. The molecule has 0 fully saturated rings. The molecule has 1 unspecified atom stereocenters. The number of rotatable bonds is 10. The van der Waals surface area contributed by atoms with Gasteiger partial charge in [-0.3, -0.25) is 0 Å². The van der Waals surface area contributed by atoms with E-state index < -0.39 is 0 Å². The molecule has 0 heteroatoms. The Morgan fingerprint density at radius 1 is 0.857 bits per heavy atom. The standard InChI is InChI=1S/C21H38/c1-8-10-11-12-13-14-21(9-2)20(7)19(6)16-15-18(5)17(3)4/h10-11,21H,8-9,12-16H2,1-7H3. The van der Waals surface area contributed by atoms with E-state index in [-0.39, 0.29) is 0 Å². The number of hydrogen-bond acceptors (Lipinski definition) is 0. The molecule has 122 valence electrons. The Morgan fingerprint density at radius 2 is 1.48 bits per heavy atom. The minimum absolute atomic E-state index is 0.784. The highest BCUT2D eigenvalue weighted by Gasteiger charge is 2.10. The van der Waals surface area contributed by atoms with Crippen LogP contribution in [-0.4, -0.2) is 0 Å². The molecular weight excluding hydrogens is 252 g/mol. The maximum absolute atomic E-state index is 2.36. The van der Waals surface area contributed by atoms with Crippen molar-refractivity contribution in [2.75, 3.05) is 0 Å². The van der Waals surface area contributed by atoms with Crippen LogP contribution in [0, 0.1) is 5.92 Å². The van der Waals surface area contributed by atoms with E-state index in [2.05, 4.69) is 60.6 Å². The Morgan fingerprint density at radius 3 is 2.00 bits per heavy atom. The van der Waals surface area contributed by atoms with Gasteiger partial charge in [0.2, 0.25) is 0 Å². The van der Waals surface area contributed by atoms with Crippen LogP contribution in [0.2, 0.25) is 0 Å². The second-order valence-electron chi connectivity index (χ2n) is 6.66. The molecule has 0 saturated heterocycles. The van der Waals surface area contributed by atoms with Crippen molar-refractivity contribution < 1.29 is 0 Å². The number of allylic oxidation sites excluding steroid dienone is 6. The smallest absolute Gasteiger partial charge is 0.0206 e. The summed E-state index contributed by atoms with van der Waals surface area (Å²) in [5.41, 5.74) is 6.31. The van der Waals surface area contributed by atoms with Gasteiger partial charge in [-0.15, -0.1) is 0 Å². The molecule has 0 aliphatic rings. The van der Waals surface area contributed by atoms with Gasteiger partial charge in [0.25, 0.3) is 0 Å². The topological polar surface area (TPSA) is 0 Å². The molecule has 0 aromatic heterocycles. The zero-order valence-corrected chi connectivity index (χ0v) is 15.7. The van der Waals surface area contributed by atoms with E-state index in [4.69, 9.17) is 0 Å². The van der Waals surface area contributed by atoms with E-state index in [1.165, 1.54) is 50.5 Å². The molecule has 0 aliphatic heterocycles. The molecule has 0 bridgehead atoms. The fourth-order valence-electron chi connectivity index (χ4n) is 2.66. The lowest BCUT2D eigenvalue weighted by Gasteiger charge is -2.19. The van der Waals surface area contributed by atoms with E-state index >= 15 is 0 Å². The van der Waals surface area contributed by atoms with Crippen LogP contribution >= 0.6 is 0 Å². The molecule has 0 heterocycles. The molecule has 0 nitrogen and oxygen atoms in total. The third-order valence-corrected chi connectivity index (χ3v) is 4.83. The van der Waals surface area contributed by atoms with Crippen molar-refractivity contribution in [2.45, 2.75) is 93.4 Å². The van der Waals surface area contributed by atoms with E-state index in [1.807, 2.05) is 0 Å². The fourth-order valence-corrected chi connectivity index (χ4v) is 2.66. The van der Waals surface area contributed by atoms with Crippen LogP contribution in [0.4, 0.5) is 0 Å². The summed E-state index contributed by atoms with van der Waals surface area (Å²) in [6.07, 6.45) is 13.4. The molecule has 1 atom stereocenters. The van der Waals surface area contributed by atoms with Crippen molar-refractivity contribution in [2.24, 2.45) is 5.92 Å². The van der Waals surface area contributed by atoms with Crippen LogP contribution in [0.15, 0.2) is 34.4 Å². The molecule has 0 amide bonds. The van der Waals surface area contributed by atoms with Crippen molar-refractivity contribution in [1.82, 2.24) is 0 Å². The zero-order valence-electron chi connectivity index (χ0n) is 15.7. The average molecular weight is 291 g/mol. The van der Waals surface area contributed by atoms with Crippen molar-refractivity contribution in [3.05, 3.63) is 34.4 Å². The predicted molar refractivity (Wildman–Crippen MR) is 98.7 cm³/mol. The summed E-state index contributed by atoms with van der Waals surface area (Å²) in [5, 5.41) is 0. The second kappa shape index (κ2) is 11.8. The summed E-state index contributed by atoms with van der Waals surface area (Å²) in [7, 11) is 0. The van der Waals surface area contributed by atoms with Crippen molar-refractivity contribution >= 4 is 0 Å². The van der Waals surface area contributed by atoms with E-state index in [0.29, 0.717) is 0 Å². The third-order valence-electron chi connectivity index (χ3n) is 4.83. The van der Waals surface area contributed by atoms with Gasteiger partial charge in [-0.05, 0) is 85.5 Å². The molecule has 0 rings (SSSR count). The van der Waals surface area contributed by atoms with Gasteiger partial charge in [0.15, 0.2) is 0 Å². The average Bonchev–Trinajstić information content (AvgIpc) is 2.47. The zero-order chi connectivity index (χ0) is 16.3. The van der Waals surface area contributed by atoms with E-state index in [9.17, 15) is 0 Å². The SMILES string of the molecule is CCC=CCCCC(CC)C(C)=C(C)CCC(C)=C(C)C. The third kappa shape index (κ3) is 8.96. The second-order valence-corrected chi connectivity index (χ2v) is 6.66. The summed E-state index contributed by atoms with van der Waals surface area (Å²) in [5.74, 6) is 0.784. The maximum atomic E-state index is 2.36. The van der Waals surface area contributed by atoms with Gasteiger partial charge in [-0.2, -0.15) is 0 Å². The van der Waals surface area contributed by atoms with Crippen LogP contribution < -0.4 is 0 Å². The first-order valence-corrected chi connectivity index (χ1v) is 8.88. The van der Waals surface area contributed by atoms with Crippen LogP contribution in [0.3, 0.4) is 0 Å². The maximum Gasteiger partial charge on any atom is -0.0206 e. The van der Waals surface area contributed by atoms with Gasteiger partial charge in [0.05, 0.1) is 0 Å². The first-order valence-electron chi connectivity index (χ1n) is 8.88. The highest BCUT2D eigenvalue weighted by Crippen LogP contribution is 2.27. The summed E-state index contributed by atoms with van der Waals surface area (Å²) >= 11 is 0. The highest BCUT2D eigenvalue weighted by atomic mass is 14.2. The Bertz CT molecular complexity index is 361. The summed E-state index contributed by atoms with van der Waals surface area (Å²) in [6, 6.07) is 0. The lowest BCUT2D eigenvalue weighted by molar-refractivity contribution is 0.516.